The van der Waals surface area contributed by atoms with E-state index in [1.54, 1.807) is 35.1 Å². The molecule has 0 spiro atoms. The summed E-state index contributed by atoms with van der Waals surface area (Å²) in [4.78, 5) is 38.7. The Morgan fingerprint density at radius 1 is 1.16 bits per heavy atom. The van der Waals surface area contributed by atoms with Gasteiger partial charge >= 0.3 is 28.6 Å². The summed E-state index contributed by atoms with van der Waals surface area (Å²) in [5.74, 6) is -2.56. The average Bonchev–Trinajstić information content (AvgIpc) is 3.39. The molecule has 0 radical (unpaired) electrons. The summed E-state index contributed by atoms with van der Waals surface area (Å²) >= 11 is 0. The summed E-state index contributed by atoms with van der Waals surface area (Å²) in [6.45, 7) is 2.06. The lowest BCUT2D eigenvalue weighted by molar-refractivity contribution is -0.137. The molecule has 0 saturated carbocycles. The van der Waals surface area contributed by atoms with Gasteiger partial charge in [-0.25, -0.2) is 23.0 Å². The number of fused-ring (bicyclic) bond motifs is 1. The fourth-order valence-electron chi connectivity index (χ4n) is 4.80. The van der Waals surface area contributed by atoms with Crippen molar-refractivity contribution in [1.29, 1.82) is 0 Å². The van der Waals surface area contributed by atoms with Gasteiger partial charge in [-0.3, -0.25) is 9.69 Å². The van der Waals surface area contributed by atoms with Crippen LogP contribution < -0.4 is 18.7 Å². The Morgan fingerprint density at radius 3 is 2.36 bits per heavy atom. The number of hydrogen-bond acceptors (Lipinski definition) is 7. The van der Waals surface area contributed by atoms with Crippen LogP contribution in [0.3, 0.4) is 0 Å². The van der Waals surface area contributed by atoms with E-state index in [-0.39, 0.29) is 17.9 Å². The monoisotopic (exact) mass is 646 g/mol. The van der Waals surface area contributed by atoms with Crippen molar-refractivity contribution in [2.45, 2.75) is 58.0 Å². The Labute approximate surface area is 250 Å². The topological polar surface area (TPSA) is 146 Å². The third-order valence-corrected chi connectivity index (χ3v) is 7.99. The third kappa shape index (κ3) is 7.43. The quantitative estimate of drug-likeness (QED) is 0.407. The van der Waals surface area contributed by atoms with Crippen molar-refractivity contribution in [1.82, 2.24) is 9.62 Å². The first kappa shape index (κ1) is 32.6. The van der Waals surface area contributed by atoms with Gasteiger partial charge in [0, 0.05) is 31.1 Å². The molecule has 17 heteroatoms. The second kappa shape index (κ2) is 12.0. The fourth-order valence-corrected chi connectivity index (χ4v) is 5.96. The molecule has 4 rings (SSSR count). The lowest BCUT2D eigenvalue weighted by Gasteiger charge is -2.32. The zero-order valence-electron chi connectivity index (χ0n) is 23.9. The lowest BCUT2D eigenvalue weighted by Crippen LogP contribution is -2.48. The number of alkyl halides is 3. The van der Waals surface area contributed by atoms with Crippen LogP contribution in [0.1, 0.15) is 38.3 Å². The zero-order valence-corrected chi connectivity index (χ0v) is 24.7. The first-order chi connectivity index (χ1) is 20.4. The molecule has 2 N–H and O–H groups in total. The number of nitrogens with zero attached hydrogens (tertiary/aromatic N) is 3. The van der Waals surface area contributed by atoms with Gasteiger partial charge < -0.3 is 19.5 Å². The van der Waals surface area contributed by atoms with Gasteiger partial charge in [0.05, 0.1) is 18.2 Å². The standard InChI is InChI=1S/C27H30F4N4O8S/c1-26(2,3)43-25(39)33(10-9-27(29,30)31)13-17-11-18-19(35(17)24(37)38)12-20(42-15-16-7-5-4-6-8-16)23(22(18)28)34-14-21(36)32-44(34,40)41/h4-8,12,17H,9-11,13-15H2,1-3H3,(H,32,36)(H,37,38)/t17-/m1/s1. The number of benzene rings is 2. The number of amides is 3. The minimum atomic E-state index is -4.65. The number of carbonyl (C=O) groups is 3. The summed E-state index contributed by atoms with van der Waals surface area (Å²) in [7, 11) is -4.54. The van der Waals surface area contributed by atoms with E-state index in [9.17, 15) is 41.1 Å². The third-order valence-electron chi connectivity index (χ3n) is 6.61. The Kier molecular flexibility index (Phi) is 8.91. The molecule has 0 aliphatic carbocycles. The maximum atomic E-state index is 16.3. The van der Waals surface area contributed by atoms with E-state index in [0.29, 0.717) is 19.7 Å². The van der Waals surface area contributed by atoms with E-state index < -0.39 is 95.9 Å². The van der Waals surface area contributed by atoms with Crippen LogP contribution in [-0.4, -0.2) is 74.0 Å². The van der Waals surface area contributed by atoms with Crippen LogP contribution in [0, 0.1) is 5.82 Å². The highest BCUT2D eigenvalue weighted by Gasteiger charge is 2.44. The number of carbonyl (C=O) groups excluding carboxylic acids is 2. The summed E-state index contributed by atoms with van der Waals surface area (Å²) in [5.41, 5.74) is -1.69. The maximum absolute atomic E-state index is 16.3. The predicted molar refractivity (Wildman–Crippen MR) is 148 cm³/mol. The van der Waals surface area contributed by atoms with Crippen molar-refractivity contribution in [2.24, 2.45) is 0 Å². The molecule has 3 amide bonds. The number of nitrogens with one attached hydrogen (secondary N) is 1. The molecule has 2 aromatic carbocycles. The highest BCUT2D eigenvalue weighted by molar-refractivity contribution is 7.92. The molecule has 0 unspecified atom stereocenters. The second-order valence-corrected chi connectivity index (χ2v) is 12.7. The number of carboxylic acid groups (broad SMARTS) is 1. The summed E-state index contributed by atoms with van der Waals surface area (Å²) < 4.78 is 94.2. The van der Waals surface area contributed by atoms with Crippen molar-refractivity contribution >= 4 is 39.7 Å². The lowest BCUT2D eigenvalue weighted by atomic mass is 10.1. The van der Waals surface area contributed by atoms with Gasteiger partial charge in [0.2, 0.25) is 0 Å². The Hall–Kier alpha value is -4.28. The first-order valence-corrected chi connectivity index (χ1v) is 14.7. The Balaban J connectivity index is 1.76. The molecule has 240 valence electrons. The van der Waals surface area contributed by atoms with Crippen LogP contribution >= 0.6 is 0 Å². The molecule has 0 bridgehead atoms. The van der Waals surface area contributed by atoms with Crippen LogP contribution in [-0.2, 0) is 32.8 Å². The normalized spacial score (nSPS) is 17.7. The molecule has 2 aromatic rings. The van der Waals surface area contributed by atoms with Gasteiger partial charge in [-0.2, -0.15) is 21.6 Å². The summed E-state index contributed by atoms with van der Waals surface area (Å²) in [6.07, 6.45) is -9.25. The average molecular weight is 647 g/mol. The summed E-state index contributed by atoms with van der Waals surface area (Å²) in [6, 6.07) is 8.28. The highest BCUT2D eigenvalue weighted by atomic mass is 32.2. The molecule has 0 aromatic heterocycles. The summed E-state index contributed by atoms with van der Waals surface area (Å²) in [5, 5.41) is 10.1. The van der Waals surface area contributed by atoms with E-state index >= 15 is 4.39 Å². The largest absolute Gasteiger partial charge is 0.487 e. The van der Waals surface area contributed by atoms with Crippen LogP contribution in [0.15, 0.2) is 36.4 Å². The van der Waals surface area contributed by atoms with Crippen LogP contribution in [0.2, 0.25) is 0 Å². The van der Waals surface area contributed by atoms with Crippen molar-refractivity contribution in [3.05, 3.63) is 53.3 Å². The number of halogens is 4. The van der Waals surface area contributed by atoms with Gasteiger partial charge in [-0.15, -0.1) is 0 Å². The highest BCUT2D eigenvalue weighted by Crippen LogP contribution is 2.45. The molecule has 1 fully saturated rings. The smallest absolute Gasteiger partial charge is 0.412 e. The second-order valence-electron chi connectivity index (χ2n) is 11.1. The molecule has 2 aliphatic heterocycles. The fraction of sp³-hybridized carbons (Fsp3) is 0.444. The minimum Gasteiger partial charge on any atom is -0.487 e. The van der Waals surface area contributed by atoms with Crippen molar-refractivity contribution < 1.29 is 54.9 Å². The molecular weight excluding hydrogens is 616 g/mol. The van der Waals surface area contributed by atoms with Gasteiger partial charge in [0.15, 0.2) is 5.82 Å². The van der Waals surface area contributed by atoms with Gasteiger partial charge in [-0.05, 0) is 26.3 Å². The van der Waals surface area contributed by atoms with E-state index in [0.717, 1.165) is 6.07 Å². The van der Waals surface area contributed by atoms with Crippen molar-refractivity contribution in [3.63, 3.8) is 0 Å². The SMILES string of the molecule is CC(C)(C)OC(=O)N(CCC(F)(F)F)C[C@H]1Cc2c(cc(OCc3ccccc3)c(N3CC(=O)NS3(=O)=O)c2F)N1C(=O)O. The number of hydrogen-bond donors (Lipinski definition) is 2. The molecule has 12 nitrogen and oxygen atoms in total. The molecule has 2 heterocycles. The number of ether oxygens (including phenoxy) is 2. The number of rotatable bonds is 8. The molecule has 1 saturated heterocycles. The van der Waals surface area contributed by atoms with E-state index in [2.05, 4.69) is 0 Å². The van der Waals surface area contributed by atoms with Crippen LogP contribution in [0.5, 0.6) is 5.75 Å². The predicted octanol–water partition coefficient (Wildman–Crippen LogP) is 4.18. The number of anilines is 2. The molecule has 2 aliphatic rings. The molecule has 1 atom stereocenters. The van der Waals surface area contributed by atoms with Gasteiger partial charge in [0.25, 0.3) is 5.91 Å². The van der Waals surface area contributed by atoms with Crippen molar-refractivity contribution in [3.8, 4) is 5.75 Å². The van der Waals surface area contributed by atoms with Gasteiger partial charge in [0.1, 0.15) is 30.2 Å². The zero-order chi connectivity index (χ0) is 32.6. The van der Waals surface area contributed by atoms with Crippen LogP contribution in [0.4, 0.5) is 38.5 Å². The first-order valence-electron chi connectivity index (χ1n) is 13.3. The van der Waals surface area contributed by atoms with E-state index in [1.165, 1.54) is 20.8 Å². The molecular formula is C27H30F4N4O8S. The van der Waals surface area contributed by atoms with Crippen LogP contribution in [0.25, 0.3) is 0 Å². The van der Waals surface area contributed by atoms with Crippen molar-refractivity contribution in [2.75, 3.05) is 28.8 Å². The Bertz CT molecular complexity index is 1550. The minimum absolute atomic E-state index is 0.193. The maximum Gasteiger partial charge on any atom is 0.412 e. The molecule has 44 heavy (non-hydrogen) atoms. The van der Waals surface area contributed by atoms with E-state index in [1.807, 2.05) is 0 Å². The Morgan fingerprint density at radius 2 is 1.82 bits per heavy atom. The van der Waals surface area contributed by atoms with Gasteiger partial charge in [-0.1, -0.05) is 30.3 Å². The van der Waals surface area contributed by atoms with E-state index in [4.69, 9.17) is 9.47 Å².